The van der Waals surface area contributed by atoms with Crippen molar-refractivity contribution in [2.24, 2.45) is 5.14 Å². The minimum atomic E-state index is -4.53. The van der Waals surface area contributed by atoms with Gasteiger partial charge in [-0.05, 0) is 29.7 Å². The van der Waals surface area contributed by atoms with Crippen molar-refractivity contribution < 1.29 is 21.4 Å². The van der Waals surface area contributed by atoms with Gasteiger partial charge in [-0.15, -0.1) is 12.6 Å². The first-order valence-electron chi connectivity index (χ1n) is 4.86. The molecule has 0 saturated heterocycles. The summed E-state index contributed by atoms with van der Waals surface area (Å²) in [5.41, 5.74) is 0. The highest BCUT2D eigenvalue weighted by Crippen LogP contribution is 2.28. The van der Waals surface area contributed by atoms with Crippen LogP contribution in [0.25, 0.3) is 10.8 Å². The molecule has 6 nitrogen and oxygen atoms in total. The average molecular weight is 319 g/mol. The Morgan fingerprint density at radius 2 is 1.68 bits per heavy atom. The van der Waals surface area contributed by atoms with Gasteiger partial charge >= 0.3 is 0 Å². The maximum absolute atomic E-state index is 11.5. The average Bonchev–Trinajstić information content (AvgIpc) is 2.24. The molecule has 2 aromatic rings. The number of fused-ring (bicyclic) bond motifs is 1. The van der Waals surface area contributed by atoms with Gasteiger partial charge in [-0.2, -0.15) is 8.42 Å². The molecule has 0 aliphatic rings. The van der Waals surface area contributed by atoms with Gasteiger partial charge in [-0.1, -0.05) is 6.07 Å². The third-order valence-corrected chi connectivity index (χ3v) is 4.54. The molecule has 3 N–H and O–H groups in total. The summed E-state index contributed by atoms with van der Waals surface area (Å²) in [7, 11) is -8.66. The topological polar surface area (TPSA) is 115 Å². The molecule has 0 radical (unpaired) electrons. The largest absolute Gasteiger partial charge is 0.294 e. The van der Waals surface area contributed by atoms with E-state index in [0.717, 1.165) is 12.1 Å². The van der Waals surface area contributed by atoms with Crippen molar-refractivity contribution in [1.29, 1.82) is 0 Å². The molecule has 0 atom stereocenters. The van der Waals surface area contributed by atoms with Gasteiger partial charge in [0, 0.05) is 10.3 Å². The minimum absolute atomic E-state index is 0.238. The number of benzene rings is 2. The molecule has 0 spiro atoms. The van der Waals surface area contributed by atoms with E-state index in [0.29, 0.717) is 10.3 Å². The lowest BCUT2D eigenvalue weighted by molar-refractivity contribution is 0.483. The van der Waals surface area contributed by atoms with Gasteiger partial charge < -0.3 is 0 Å². The Morgan fingerprint density at radius 1 is 1.05 bits per heavy atom. The molecule has 0 saturated carbocycles. The Bertz CT molecular complexity index is 871. The second-order valence-electron chi connectivity index (χ2n) is 3.85. The van der Waals surface area contributed by atoms with Crippen molar-refractivity contribution in [3.63, 3.8) is 0 Å². The van der Waals surface area contributed by atoms with E-state index >= 15 is 0 Å². The highest BCUT2D eigenvalue weighted by atomic mass is 32.2. The summed E-state index contributed by atoms with van der Waals surface area (Å²) < 4.78 is 54.3. The summed E-state index contributed by atoms with van der Waals surface area (Å²) >= 11 is 4.08. The molecular formula is C10H9NO5S3. The third-order valence-electron chi connectivity index (χ3n) is 2.48. The first-order chi connectivity index (χ1) is 8.59. The zero-order valence-electron chi connectivity index (χ0n) is 9.31. The monoisotopic (exact) mass is 319 g/mol. The zero-order chi connectivity index (χ0) is 14.4. The number of hydrogen-bond donors (Lipinski definition) is 3. The van der Waals surface area contributed by atoms with Crippen LogP contribution in [0.2, 0.25) is 0 Å². The molecule has 19 heavy (non-hydrogen) atoms. The van der Waals surface area contributed by atoms with Crippen molar-refractivity contribution in [1.82, 2.24) is 0 Å². The van der Waals surface area contributed by atoms with Gasteiger partial charge in [0.1, 0.15) is 0 Å². The zero-order valence-corrected chi connectivity index (χ0v) is 11.8. The molecule has 0 aliphatic carbocycles. The smallest absolute Gasteiger partial charge is 0.282 e. The predicted octanol–water partition coefficient (Wildman–Crippen LogP) is 1.02. The Kier molecular flexibility index (Phi) is 3.35. The first kappa shape index (κ1) is 14.3. The molecule has 2 rings (SSSR count). The first-order valence-corrected chi connectivity index (χ1v) is 8.29. The van der Waals surface area contributed by atoms with E-state index in [4.69, 9.17) is 9.69 Å². The van der Waals surface area contributed by atoms with E-state index in [2.05, 4.69) is 12.6 Å². The highest BCUT2D eigenvalue weighted by molar-refractivity contribution is 7.89. The lowest BCUT2D eigenvalue weighted by Crippen LogP contribution is -2.13. The second kappa shape index (κ2) is 4.46. The summed E-state index contributed by atoms with van der Waals surface area (Å²) in [4.78, 5) is -0.415. The van der Waals surface area contributed by atoms with Crippen LogP contribution in [0.4, 0.5) is 0 Å². The van der Waals surface area contributed by atoms with Gasteiger partial charge in [0.15, 0.2) is 0 Å². The summed E-state index contributed by atoms with van der Waals surface area (Å²) in [6.45, 7) is 0. The van der Waals surface area contributed by atoms with E-state index in [1.165, 1.54) is 12.1 Å². The number of thiol groups is 1. The standard InChI is InChI=1S/C10H9NO5S3/c11-18(12,13)10-5-8(19(14,15)16)3-6-1-2-7(17)4-9(6)10/h1-5,17H,(H2,11,12,13)(H,14,15,16). The van der Waals surface area contributed by atoms with Crippen LogP contribution in [0.15, 0.2) is 45.0 Å². The molecule has 0 heterocycles. The number of primary sulfonamides is 1. The number of sulfonamides is 1. The molecule has 0 aliphatic heterocycles. The fraction of sp³-hybridized carbons (Fsp3) is 0. The molecule has 0 fully saturated rings. The lowest BCUT2D eigenvalue weighted by atomic mass is 10.1. The van der Waals surface area contributed by atoms with Crippen LogP contribution in [0.1, 0.15) is 0 Å². The Morgan fingerprint density at radius 3 is 2.21 bits per heavy atom. The Balaban J connectivity index is 3.01. The van der Waals surface area contributed by atoms with Gasteiger partial charge in [0.2, 0.25) is 10.0 Å². The van der Waals surface area contributed by atoms with Crippen LogP contribution in [0.5, 0.6) is 0 Å². The van der Waals surface area contributed by atoms with Crippen molar-refractivity contribution >= 4 is 43.5 Å². The molecular weight excluding hydrogens is 310 g/mol. The number of rotatable bonds is 2. The fourth-order valence-corrected chi connectivity index (χ4v) is 3.27. The summed E-state index contributed by atoms with van der Waals surface area (Å²) in [6, 6.07) is 6.48. The highest BCUT2D eigenvalue weighted by Gasteiger charge is 2.19. The lowest BCUT2D eigenvalue weighted by Gasteiger charge is -2.08. The Hall–Kier alpha value is -1.13. The van der Waals surface area contributed by atoms with Crippen molar-refractivity contribution in [3.8, 4) is 0 Å². The van der Waals surface area contributed by atoms with Crippen LogP contribution >= 0.6 is 12.6 Å². The molecule has 0 unspecified atom stereocenters. The van der Waals surface area contributed by atoms with Gasteiger partial charge in [-0.25, -0.2) is 13.6 Å². The number of nitrogens with two attached hydrogens (primary N) is 1. The molecule has 9 heteroatoms. The minimum Gasteiger partial charge on any atom is -0.282 e. The fourth-order valence-electron chi connectivity index (χ4n) is 1.67. The van der Waals surface area contributed by atoms with E-state index in [1.54, 1.807) is 6.07 Å². The van der Waals surface area contributed by atoms with Crippen molar-refractivity contribution in [3.05, 3.63) is 30.3 Å². The molecule has 0 bridgehead atoms. The molecule has 0 aromatic heterocycles. The van der Waals surface area contributed by atoms with E-state index < -0.39 is 25.0 Å². The molecule has 2 aromatic carbocycles. The van der Waals surface area contributed by atoms with Gasteiger partial charge in [0.05, 0.1) is 9.79 Å². The third kappa shape index (κ3) is 2.90. The summed E-state index contributed by atoms with van der Waals surface area (Å²) in [5.74, 6) is 0. The van der Waals surface area contributed by atoms with Crippen LogP contribution in [0.3, 0.4) is 0 Å². The maximum atomic E-state index is 11.5. The van der Waals surface area contributed by atoms with Gasteiger partial charge in [-0.3, -0.25) is 4.55 Å². The molecule has 0 amide bonds. The normalized spacial score (nSPS) is 12.8. The van der Waals surface area contributed by atoms with Crippen molar-refractivity contribution in [2.45, 2.75) is 14.7 Å². The second-order valence-corrected chi connectivity index (χ2v) is 7.31. The Labute approximate surface area is 115 Å². The van der Waals surface area contributed by atoms with Crippen LogP contribution in [-0.2, 0) is 20.1 Å². The summed E-state index contributed by atoms with van der Waals surface area (Å²) in [6.07, 6.45) is 0. The van der Waals surface area contributed by atoms with Gasteiger partial charge in [0.25, 0.3) is 10.1 Å². The summed E-state index contributed by atoms with van der Waals surface area (Å²) in [5, 5.41) is 5.61. The maximum Gasteiger partial charge on any atom is 0.294 e. The van der Waals surface area contributed by atoms with E-state index in [-0.39, 0.29) is 10.3 Å². The SMILES string of the molecule is NS(=O)(=O)c1cc(S(=O)(=O)O)cc2ccc(S)cc12. The predicted molar refractivity (Wildman–Crippen MR) is 72.4 cm³/mol. The van der Waals surface area contributed by atoms with E-state index in [9.17, 15) is 16.8 Å². The van der Waals surface area contributed by atoms with Crippen molar-refractivity contribution in [2.75, 3.05) is 0 Å². The van der Waals surface area contributed by atoms with Crippen LogP contribution in [0, 0.1) is 0 Å². The number of hydrogen-bond acceptors (Lipinski definition) is 5. The van der Waals surface area contributed by atoms with Crippen LogP contribution < -0.4 is 5.14 Å². The quantitative estimate of drug-likeness (QED) is 0.565. The molecule has 102 valence electrons. The van der Waals surface area contributed by atoms with E-state index in [1.807, 2.05) is 0 Å². The van der Waals surface area contributed by atoms with Crippen LogP contribution in [-0.4, -0.2) is 21.4 Å².